The van der Waals surface area contributed by atoms with Crippen LogP contribution in [0.1, 0.15) is 21.5 Å². The van der Waals surface area contributed by atoms with Crippen LogP contribution in [-0.4, -0.2) is 17.4 Å². The van der Waals surface area contributed by atoms with Crippen molar-refractivity contribution >= 4 is 46.4 Å². The molecule has 0 aliphatic carbocycles. The van der Waals surface area contributed by atoms with Gasteiger partial charge < -0.3 is 9.64 Å². The third-order valence-corrected chi connectivity index (χ3v) is 5.76. The summed E-state index contributed by atoms with van der Waals surface area (Å²) in [6.07, 6.45) is 0.614. The zero-order valence-corrected chi connectivity index (χ0v) is 18.1. The summed E-state index contributed by atoms with van der Waals surface area (Å²) in [4.78, 5) is 25.3. The average molecular weight is 480 g/mol. The number of rotatable bonds is 5. The number of hydrogen-bond donors (Lipinski definition) is 0. The van der Waals surface area contributed by atoms with Gasteiger partial charge in [-0.05, 0) is 65.2 Å². The SMILES string of the molecule is O=Nc1cc(Cl)c(Oc2ccc3c(c2)CCN(Cc2ccc(F)c(Cl)c2)C3=O)c(Cl)c1. The lowest BCUT2D eigenvalue weighted by atomic mass is 9.98. The Labute approximate surface area is 192 Å². The molecule has 4 rings (SSSR count). The van der Waals surface area contributed by atoms with E-state index in [1.165, 1.54) is 24.3 Å². The Hall–Kier alpha value is -2.67. The Balaban J connectivity index is 1.54. The minimum atomic E-state index is -0.495. The molecular formula is C22H14Cl3FN2O3. The third kappa shape index (κ3) is 4.51. The highest BCUT2D eigenvalue weighted by atomic mass is 35.5. The van der Waals surface area contributed by atoms with Crippen molar-refractivity contribution < 1.29 is 13.9 Å². The van der Waals surface area contributed by atoms with Gasteiger partial charge in [-0.15, -0.1) is 4.91 Å². The molecule has 0 unspecified atom stereocenters. The van der Waals surface area contributed by atoms with Crippen LogP contribution in [0.15, 0.2) is 53.7 Å². The molecule has 0 atom stereocenters. The number of carbonyl (C=O) groups is 1. The molecule has 9 heteroatoms. The van der Waals surface area contributed by atoms with Gasteiger partial charge in [-0.2, -0.15) is 0 Å². The normalized spacial score (nSPS) is 13.2. The van der Waals surface area contributed by atoms with Gasteiger partial charge in [-0.3, -0.25) is 4.79 Å². The first-order chi connectivity index (χ1) is 14.9. The summed E-state index contributed by atoms with van der Waals surface area (Å²) in [6, 6.07) is 12.2. The van der Waals surface area contributed by atoms with Crippen molar-refractivity contribution in [3.05, 3.63) is 91.0 Å². The van der Waals surface area contributed by atoms with Crippen molar-refractivity contribution in [2.75, 3.05) is 6.54 Å². The van der Waals surface area contributed by atoms with Crippen molar-refractivity contribution in [3.8, 4) is 11.5 Å². The summed E-state index contributed by atoms with van der Waals surface area (Å²) in [5.41, 5.74) is 2.24. The maximum Gasteiger partial charge on any atom is 0.254 e. The van der Waals surface area contributed by atoms with Crippen molar-refractivity contribution in [1.82, 2.24) is 4.90 Å². The smallest absolute Gasteiger partial charge is 0.254 e. The Kier molecular flexibility index (Phi) is 6.14. The van der Waals surface area contributed by atoms with Gasteiger partial charge in [0.15, 0.2) is 5.75 Å². The summed E-state index contributed by atoms with van der Waals surface area (Å²) in [5.74, 6) is 0.0322. The number of ether oxygens (including phenoxy) is 1. The fraction of sp³-hybridized carbons (Fsp3) is 0.136. The molecule has 5 nitrogen and oxygen atoms in total. The molecule has 0 spiro atoms. The summed E-state index contributed by atoms with van der Waals surface area (Å²) in [7, 11) is 0. The van der Waals surface area contributed by atoms with Crippen molar-refractivity contribution in [2.24, 2.45) is 5.18 Å². The van der Waals surface area contributed by atoms with Crippen LogP contribution in [0, 0.1) is 10.7 Å². The maximum atomic E-state index is 13.4. The van der Waals surface area contributed by atoms with E-state index in [2.05, 4.69) is 5.18 Å². The molecule has 0 radical (unpaired) electrons. The molecule has 31 heavy (non-hydrogen) atoms. The fourth-order valence-corrected chi connectivity index (χ4v) is 4.16. The third-order valence-electron chi connectivity index (χ3n) is 4.91. The van der Waals surface area contributed by atoms with Crippen LogP contribution < -0.4 is 4.74 Å². The number of benzene rings is 3. The molecule has 3 aromatic carbocycles. The number of fused-ring (bicyclic) bond motifs is 1. The van der Waals surface area contributed by atoms with E-state index in [1.54, 1.807) is 29.2 Å². The van der Waals surface area contributed by atoms with Crippen LogP contribution in [0.5, 0.6) is 11.5 Å². The molecular weight excluding hydrogens is 466 g/mol. The Morgan fingerprint density at radius 3 is 2.42 bits per heavy atom. The first kappa shape index (κ1) is 21.6. The van der Waals surface area contributed by atoms with Gasteiger partial charge in [-0.1, -0.05) is 40.9 Å². The zero-order valence-electron chi connectivity index (χ0n) is 15.9. The van der Waals surface area contributed by atoms with Crippen molar-refractivity contribution in [1.29, 1.82) is 0 Å². The number of nitrogens with zero attached hydrogens (tertiary/aromatic N) is 2. The van der Waals surface area contributed by atoms with Crippen LogP contribution in [0.3, 0.4) is 0 Å². The highest BCUT2D eigenvalue weighted by Gasteiger charge is 2.25. The zero-order chi connectivity index (χ0) is 22.1. The van der Waals surface area contributed by atoms with Crippen molar-refractivity contribution in [3.63, 3.8) is 0 Å². The van der Waals surface area contributed by atoms with E-state index in [4.69, 9.17) is 39.5 Å². The molecule has 0 fully saturated rings. The van der Waals surface area contributed by atoms with Gasteiger partial charge in [0.2, 0.25) is 0 Å². The Morgan fingerprint density at radius 2 is 1.74 bits per heavy atom. The molecule has 0 bridgehead atoms. The van der Waals surface area contributed by atoms with Gasteiger partial charge in [0.25, 0.3) is 5.91 Å². The standard InChI is InChI=1S/C22H14Cl3FN2O3/c23-17-7-12(1-4-20(17)26)11-28-6-5-13-8-15(2-3-16(13)22(28)29)31-21-18(24)9-14(27-30)10-19(21)25/h1-4,7-10H,5-6,11H2. The number of halogens is 4. The highest BCUT2D eigenvalue weighted by molar-refractivity contribution is 6.37. The highest BCUT2D eigenvalue weighted by Crippen LogP contribution is 2.40. The largest absolute Gasteiger partial charge is 0.454 e. The number of amides is 1. The summed E-state index contributed by atoms with van der Waals surface area (Å²) in [6.45, 7) is 0.824. The molecule has 3 aromatic rings. The lowest BCUT2D eigenvalue weighted by Crippen LogP contribution is -2.37. The van der Waals surface area contributed by atoms with E-state index in [0.717, 1.165) is 11.1 Å². The second-order valence-electron chi connectivity index (χ2n) is 6.98. The molecule has 158 valence electrons. The minimum Gasteiger partial charge on any atom is -0.454 e. The molecule has 0 saturated carbocycles. The fourth-order valence-electron chi connectivity index (χ4n) is 3.40. The van der Waals surface area contributed by atoms with Crippen LogP contribution >= 0.6 is 34.8 Å². The van der Waals surface area contributed by atoms with Gasteiger partial charge in [0.05, 0.1) is 15.1 Å². The van der Waals surface area contributed by atoms with Gasteiger partial charge in [0, 0.05) is 18.7 Å². The molecule has 0 saturated heterocycles. The van der Waals surface area contributed by atoms with E-state index in [9.17, 15) is 14.1 Å². The molecule has 1 heterocycles. The number of hydrogen-bond acceptors (Lipinski definition) is 4. The Morgan fingerprint density at radius 1 is 1.00 bits per heavy atom. The van der Waals surface area contributed by atoms with Gasteiger partial charge >= 0.3 is 0 Å². The summed E-state index contributed by atoms with van der Waals surface area (Å²) >= 11 is 18.1. The number of carbonyl (C=O) groups excluding carboxylic acids is 1. The topological polar surface area (TPSA) is 59.0 Å². The molecule has 1 amide bonds. The van der Waals surface area contributed by atoms with Crippen LogP contribution in [0.25, 0.3) is 0 Å². The monoisotopic (exact) mass is 478 g/mol. The van der Waals surface area contributed by atoms with E-state index in [1.807, 2.05) is 0 Å². The summed E-state index contributed by atoms with van der Waals surface area (Å²) in [5, 5.41) is 3.14. The first-order valence-corrected chi connectivity index (χ1v) is 10.4. The number of nitroso groups, excluding NO2 is 1. The lowest BCUT2D eigenvalue weighted by Gasteiger charge is -2.29. The summed E-state index contributed by atoms with van der Waals surface area (Å²) < 4.78 is 19.2. The predicted molar refractivity (Wildman–Crippen MR) is 118 cm³/mol. The molecule has 0 aromatic heterocycles. The average Bonchev–Trinajstić information content (AvgIpc) is 2.75. The van der Waals surface area contributed by atoms with Crippen LogP contribution in [0.2, 0.25) is 15.1 Å². The van der Waals surface area contributed by atoms with Crippen molar-refractivity contribution in [2.45, 2.75) is 13.0 Å². The van der Waals surface area contributed by atoms with E-state index >= 15 is 0 Å². The second-order valence-corrected chi connectivity index (χ2v) is 8.20. The maximum absolute atomic E-state index is 13.4. The molecule has 1 aliphatic heterocycles. The van der Waals surface area contributed by atoms with E-state index in [0.29, 0.717) is 30.8 Å². The minimum absolute atomic E-state index is 0.0263. The molecule has 0 N–H and O–H groups in total. The van der Waals surface area contributed by atoms with Crippen LogP contribution in [-0.2, 0) is 13.0 Å². The van der Waals surface area contributed by atoms with Gasteiger partial charge in [0.1, 0.15) is 17.3 Å². The van der Waals surface area contributed by atoms with E-state index < -0.39 is 5.82 Å². The quantitative estimate of drug-likeness (QED) is 0.364. The lowest BCUT2D eigenvalue weighted by molar-refractivity contribution is 0.0727. The van der Waals surface area contributed by atoms with Crippen LogP contribution in [0.4, 0.5) is 10.1 Å². The van der Waals surface area contributed by atoms with E-state index in [-0.39, 0.29) is 32.4 Å². The van der Waals surface area contributed by atoms with Gasteiger partial charge in [-0.25, -0.2) is 4.39 Å². The second kappa shape index (κ2) is 8.83. The Bertz CT molecular complexity index is 1180. The molecule has 1 aliphatic rings. The first-order valence-electron chi connectivity index (χ1n) is 9.22. The predicted octanol–water partition coefficient (Wildman–Crippen LogP) is 7.17.